The zero-order chi connectivity index (χ0) is 14.2. The van der Waals surface area contributed by atoms with Gasteiger partial charge in [0.2, 0.25) is 0 Å². The van der Waals surface area contributed by atoms with Crippen molar-refractivity contribution in [3.63, 3.8) is 0 Å². The number of nitrogens with one attached hydrogen (secondary N) is 1. The summed E-state index contributed by atoms with van der Waals surface area (Å²) in [6, 6.07) is -0.619. The summed E-state index contributed by atoms with van der Waals surface area (Å²) in [7, 11) is 1.48. The number of aromatic carboxylic acids is 1. The highest BCUT2D eigenvalue weighted by atomic mass is 32.2. The van der Waals surface area contributed by atoms with Crippen molar-refractivity contribution in [1.82, 2.24) is 9.69 Å². The molecule has 1 aliphatic heterocycles. The first kappa shape index (κ1) is 13.8. The molecule has 0 radical (unpaired) electrons. The molecule has 0 aromatic carbocycles. The Bertz CT molecular complexity index is 557. The summed E-state index contributed by atoms with van der Waals surface area (Å²) in [4.78, 5) is 35.6. The van der Waals surface area contributed by atoms with Crippen LogP contribution in [0.15, 0.2) is 0 Å². The molecule has 0 aliphatic carbocycles. The monoisotopic (exact) mass is 301 g/mol. The predicted octanol–water partition coefficient (Wildman–Crippen LogP) is 0.938. The second-order valence-electron chi connectivity index (χ2n) is 3.95. The average molecular weight is 301 g/mol. The predicted molar refractivity (Wildman–Crippen MR) is 72.0 cm³/mol. The van der Waals surface area contributed by atoms with Gasteiger partial charge in [0.1, 0.15) is 16.6 Å². The second-order valence-corrected chi connectivity index (χ2v) is 5.69. The molecule has 1 aromatic heterocycles. The Morgan fingerprint density at radius 3 is 2.74 bits per heavy atom. The lowest BCUT2D eigenvalue weighted by molar-refractivity contribution is -0.119. The maximum Gasteiger partial charge on any atom is 0.340 e. The first-order valence-corrected chi connectivity index (χ1v) is 7.08. The van der Waals surface area contributed by atoms with E-state index < -0.39 is 12.0 Å². The van der Waals surface area contributed by atoms with E-state index in [0.717, 1.165) is 23.3 Å². The second kappa shape index (κ2) is 5.17. The van der Waals surface area contributed by atoms with Crippen LogP contribution in [-0.2, 0) is 4.79 Å². The normalized spacial score (nSPS) is 18.2. The lowest BCUT2D eigenvalue weighted by Crippen LogP contribution is -2.44. The third-order valence-corrected chi connectivity index (χ3v) is 4.56. The van der Waals surface area contributed by atoms with Gasteiger partial charge in [-0.2, -0.15) is 4.37 Å². The fourth-order valence-corrected chi connectivity index (χ4v) is 3.31. The van der Waals surface area contributed by atoms with Crippen LogP contribution < -0.4 is 10.2 Å². The third-order valence-electron chi connectivity index (χ3n) is 2.67. The molecule has 1 atom stereocenters. The Balaban J connectivity index is 2.24. The molecule has 0 bridgehead atoms. The van der Waals surface area contributed by atoms with Crippen molar-refractivity contribution in [1.29, 1.82) is 0 Å². The van der Waals surface area contributed by atoms with Crippen molar-refractivity contribution in [3.05, 3.63) is 11.3 Å². The van der Waals surface area contributed by atoms with Crippen LogP contribution in [0.3, 0.4) is 0 Å². The van der Waals surface area contributed by atoms with Gasteiger partial charge < -0.3 is 15.3 Å². The van der Waals surface area contributed by atoms with E-state index in [1.807, 2.05) is 0 Å². The van der Waals surface area contributed by atoms with Crippen LogP contribution in [-0.4, -0.2) is 45.4 Å². The minimum atomic E-state index is -1.12. The van der Waals surface area contributed by atoms with E-state index in [9.17, 15) is 14.4 Å². The summed E-state index contributed by atoms with van der Waals surface area (Å²) in [5.41, 5.74) is 0.398. The number of aromatic nitrogens is 1. The molecular weight excluding hydrogens is 290 g/mol. The van der Waals surface area contributed by atoms with Crippen LogP contribution >= 0.6 is 23.3 Å². The molecule has 1 aliphatic rings. The van der Waals surface area contributed by atoms with Gasteiger partial charge in [0, 0.05) is 12.8 Å². The molecule has 2 rings (SSSR count). The van der Waals surface area contributed by atoms with Crippen LogP contribution in [0, 0.1) is 6.92 Å². The van der Waals surface area contributed by atoms with Crippen molar-refractivity contribution >= 4 is 45.4 Å². The molecule has 0 spiro atoms. The summed E-state index contributed by atoms with van der Waals surface area (Å²) < 4.78 is 3.96. The van der Waals surface area contributed by atoms with Crippen molar-refractivity contribution in [2.24, 2.45) is 0 Å². The van der Waals surface area contributed by atoms with Crippen LogP contribution in [0.25, 0.3) is 0 Å². The van der Waals surface area contributed by atoms with E-state index >= 15 is 0 Å². The van der Waals surface area contributed by atoms with Crippen molar-refractivity contribution in [3.8, 4) is 0 Å². The number of nitrogens with zero attached hydrogens (tertiary/aromatic N) is 2. The lowest BCUT2D eigenvalue weighted by atomic mass is 10.2. The molecular formula is C10H11N3O4S2. The fraction of sp³-hybridized carbons (Fsp3) is 0.400. The molecule has 7 nitrogen and oxygen atoms in total. The fourth-order valence-electron chi connectivity index (χ4n) is 1.68. The average Bonchev–Trinajstić information content (AvgIpc) is 2.93. The van der Waals surface area contributed by atoms with Gasteiger partial charge in [-0.15, -0.1) is 0 Å². The van der Waals surface area contributed by atoms with Gasteiger partial charge in [-0.3, -0.25) is 9.59 Å². The van der Waals surface area contributed by atoms with Gasteiger partial charge in [-0.1, -0.05) is 11.8 Å². The maximum atomic E-state index is 12.2. The number of carbonyl (C=O) groups is 3. The highest BCUT2D eigenvalue weighted by Crippen LogP contribution is 2.29. The zero-order valence-corrected chi connectivity index (χ0v) is 11.8. The molecule has 19 heavy (non-hydrogen) atoms. The van der Waals surface area contributed by atoms with E-state index in [1.165, 1.54) is 11.9 Å². The Morgan fingerprint density at radius 1 is 1.53 bits per heavy atom. The SMILES string of the molecule is Cc1nsc(N(C)C(=O)C2CSC(=O)N2)c1C(=O)O. The molecule has 2 N–H and O–H groups in total. The van der Waals surface area contributed by atoms with Crippen molar-refractivity contribution in [2.45, 2.75) is 13.0 Å². The number of carboxylic acid groups (broad SMARTS) is 1. The lowest BCUT2D eigenvalue weighted by Gasteiger charge is -2.19. The summed E-state index contributed by atoms with van der Waals surface area (Å²) in [5.74, 6) is -1.11. The number of carboxylic acids is 1. The molecule has 1 saturated heterocycles. The Kier molecular flexibility index (Phi) is 3.76. The van der Waals surface area contributed by atoms with Crippen molar-refractivity contribution in [2.75, 3.05) is 17.7 Å². The van der Waals surface area contributed by atoms with E-state index in [2.05, 4.69) is 9.69 Å². The molecule has 102 valence electrons. The number of carbonyl (C=O) groups excluding carboxylic acids is 2. The third kappa shape index (κ3) is 2.56. The smallest absolute Gasteiger partial charge is 0.340 e. The minimum Gasteiger partial charge on any atom is -0.478 e. The molecule has 1 aromatic rings. The molecule has 9 heteroatoms. The van der Waals surface area contributed by atoms with Gasteiger partial charge in [0.25, 0.3) is 11.1 Å². The number of thioether (sulfide) groups is 1. The number of hydrogen-bond donors (Lipinski definition) is 2. The van der Waals surface area contributed by atoms with Crippen LogP contribution in [0.4, 0.5) is 9.80 Å². The quantitative estimate of drug-likeness (QED) is 0.862. The van der Waals surface area contributed by atoms with E-state index in [0.29, 0.717) is 11.4 Å². The number of hydrogen-bond acceptors (Lipinski definition) is 6. The molecule has 1 fully saturated rings. The first-order chi connectivity index (χ1) is 8.91. The van der Waals surface area contributed by atoms with Crippen molar-refractivity contribution < 1.29 is 19.5 Å². The molecule has 0 saturated carbocycles. The minimum absolute atomic E-state index is 0.0258. The van der Waals surface area contributed by atoms with Gasteiger partial charge in [-0.25, -0.2) is 4.79 Å². The summed E-state index contributed by atoms with van der Waals surface area (Å²) >= 11 is 1.99. The first-order valence-electron chi connectivity index (χ1n) is 5.32. The Labute approximate surface area is 117 Å². The standard InChI is InChI=1S/C10H11N3O4S2/c1-4-6(9(15)16)8(19-12-4)13(2)7(14)5-3-18-10(17)11-5/h5H,3H2,1-2H3,(H,11,17)(H,15,16). The van der Waals surface area contributed by atoms with Gasteiger partial charge in [0.05, 0.1) is 5.69 Å². The number of anilines is 1. The van der Waals surface area contributed by atoms with Crippen LogP contribution in [0.1, 0.15) is 16.1 Å². The maximum absolute atomic E-state index is 12.2. The van der Waals surface area contributed by atoms with Gasteiger partial charge >= 0.3 is 5.97 Å². The summed E-state index contributed by atoms with van der Waals surface area (Å²) in [6.07, 6.45) is 0. The Morgan fingerprint density at radius 2 is 2.21 bits per heavy atom. The molecule has 1 unspecified atom stereocenters. The van der Waals surface area contributed by atoms with E-state index in [-0.39, 0.29) is 21.7 Å². The van der Waals surface area contributed by atoms with Crippen LogP contribution in [0.5, 0.6) is 0 Å². The van der Waals surface area contributed by atoms with E-state index in [1.54, 1.807) is 6.92 Å². The number of amides is 2. The topological polar surface area (TPSA) is 99.6 Å². The van der Waals surface area contributed by atoms with Gasteiger partial charge in [0.15, 0.2) is 0 Å². The number of aryl methyl sites for hydroxylation is 1. The van der Waals surface area contributed by atoms with E-state index in [4.69, 9.17) is 5.11 Å². The number of likely N-dealkylation sites (N-methyl/N-ethyl adjacent to an activating group) is 1. The largest absolute Gasteiger partial charge is 0.478 e. The zero-order valence-electron chi connectivity index (χ0n) is 10.2. The van der Waals surface area contributed by atoms with Gasteiger partial charge in [-0.05, 0) is 18.5 Å². The summed E-state index contributed by atoms with van der Waals surface area (Å²) in [6.45, 7) is 1.58. The van der Waals surface area contributed by atoms with Crippen LogP contribution in [0.2, 0.25) is 0 Å². The number of rotatable bonds is 3. The Hall–Kier alpha value is -1.61. The highest BCUT2D eigenvalue weighted by molar-refractivity contribution is 8.14. The molecule has 2 heterocycles. The molecule has 2 amide bonds. The summed E-state index contributed by atoms with van der Waals surface area (Å²) in [5, 5.41) is 11.7. The highest BCUT2D eigenvalue weighted by Gasteiger charge is 2.33.